The summed E-state index contributed by atoms with van der Waals surface area (Å²) in [6.45, 7) is 13.8. The highest BCUT2D eigenvalue weighted by atomic mass is 16.5. The molecule has 0 aliphatic heterocycles. The molecule has 16 heavy (non-hydrogen) atoms. The molecule has 0 fully saturated rings. The molecule has 0 aliphatic carbocycles. The van der Waals surface area contributed by atoms with Crippen molar-refractivity contribution in [3.05, 3.63) is 0 Å². The molecule has 0 saturated heterocycles. The summed E-state index contributed by atoms with van der Waals surface area (Å²) >= 11 is 0. The van der Waals surface area contributed by atoms with Gasteiger partial charge in [-0.15, -0.1) is 0 Å². The second-order valence-corrected chi connectivity index (χ2v) is 4.27. The van der Waals surface area contributed by atoms with Gasteiger partial charge in [-0.25, -0.2) is 0 Å². The second kappa shape index (κ2) is 8.97. The number of hydrogen-bond acceptors (Lipinski definition) is 3. The maximum atomic E-state index is 5.89. The molecule has 0 heterocycles. The topological polar surface area (TPSA) is 30.5 Å². The third kappa shape index (κ3) is 5.28. The molecular formula is C13H29NO2. The lowest BCUT2D eigenvalue weighted by Crippen LogP contribution is -2.53. The largest absolute Gasteiger partial charge is 0.380 e. The van der Waals surface area contributed by atoms with Gasteiger partial charge in [0.15, 0.2) is 0 Å². The van der Waals surface area contributed by atoms with Gasteiger partial charge < -0.3 is 14.8 Å². The van der Waals surface area contributed by atoms with Crippen molar-refractivity contribution in [3.8, 4) is 0 Å². The van der Waals surface area contributed by atoms with Gasteiger partial charge in [0, 0.05) is 13.2 Å². The number of ether oxygens (including phenoxy) is 2. The van der Waals surface area contributed by atoms with E-state index in [2.05, 4.69) is 26.1 Å². The van der Waals surface area contributed by atoms with E-state index in [0.717, 1.165) is 39.2 Å². The van der Waals surface area contributed by atoms with Crippen LogP contribution in [0, 0.1) is 0 Å². The monoisotopic (exact) mass is 231 g/mol. The molecule has 0 aromatic rings. The van der Waals surface area contributed by atoms with Crippen LogP contribution in [0.1, 0.15) is 47.5 Å². The van der Waals surface area contributed by atoms with Crippen molar-refractivity contribution in [3.63, 3.8) is 0 Å². The van der Waals surface area contributed by atoms with E-state index in [9.17, 15) is 0 Å². The molecule has 98 valence electrons. The van der Waals surface area contributed by atoms with Crippen molar-refractivity contribution in [1.29, 1.82) is 0 Å². The summed E-state index contributed by atoms with van der Waals surface area (Å²) in [5.41, 5.74) is -0.126. The third-order valence-electron chi connectivity index (χ3n) is 3.04. The van der Waals surface area contributed by atoms with Crippen molar-refractivity contribution in [2.24, 2.45) is 0 Å². The highest BCUT2D eigenvalue weighted by molar-refractivity contribution is 4.88. The van der Waals surface area contributed by atoms with Gasteiger partial charge >= 0.3 is 0 Å². The number of nitrogens with one attached hydrogen (secondary N) is 1. The molecule has 3 nitrogen and oxygen atoms in total. The fourth-order valence-corrected chi connectivity index (χ4v) is 1.78. The highest BCUT2D eigenvalue weighted by Gasteiger charge is 2.32. The van der Waals surface area contributed by atoms with E-state index < -0.39 is 0 Å². The van der Waals surface area contributed by atoms with Gasteiger partial charge in [0.2, 0.25) is 0 Å². The molecule has 0 spiro atoms. The minimum atomic E-state index is -0.126. The van der Waals surface area contributed by atoms with Gasteiger partial charge in [0.1, 0.15) is 0 Å². The van der Waals surface area contributed by atoms with Crippen LogP contribution in [-0.2, 0) is 9.47 Å². The summed E-state index contributed by atoms with van der Waals surface area (Å²) in [7, 11) is 0. The molecule has 0 rings (SSSR count). The zero-order valence-corrected chi connectivity index (χ0v) is 11.6. The molecule has 0 aliphatic rings. The van der Waals surface area contributed by atoms with Crippen molar-refractivity contribution in [2.75, 3.05) is 26.4 Å². The third-order valence-corrected chi connectivity index (χ3v) is 3.04. The van der Waals surface area contributed by atoms with Crippen LogP contribution in [0.25, 0.3) is 0 Å². The van der Waals surface area contributed by atoms with Crippen molar-refractivity contribution in [2.45, 2.75) is 59.1 Å². The van der Waals surface area contributed by atoms with Gasteiger partial charge in [-0.05, 0) is 40.2 Å². The Hall–Kier alpha value is -0.120. The zero-order chi connectivity index (χ0) is 12.4. The molecule has 0 aromatic carbocycles. The standard InChI is InChI=1S/C13H29NO2/c1-6-10-14-12(11-15-8-3)13(5,7-2)16-9-4/h12,14H,6-11H2,1-5H3. The van der Waals surface area contributed by atoms with Crippen LogP contribution >= 0.6 is 0 Å². The summed E-state index contributed by atoms with van der Waals surface area (Å²) in [5, 5.41) is 3.53. The van der Waals surface area contributed by atoms with Gasteiger partial charge in [-0.3, -0.25) is 0 Å². The first-order chi connectivity index (χ1) is 7.64. The molecule has 0 radical (unpaired) electrons. The predicted octanol–water partition coefficient (Wildman–Crippen LogP) is 2.60. The molecule has 0 amide bonds. The molecule has 0 bridgehead atoms. The Labute approximate surface area is 101 Å². The molecular weight excluding hydrogens is 202 g/mol. The summed E-state index contributed by atoms with van der Waals surface area (Å²) < 4.78 is 11.4. The van der Waals surface area contributed by atoms with Crippen LogP contribution in [-0.4, -0.2) is 38.0 Å². The fourth-order valence-electron chi connectivity index (χ4n) is 1.78. The first kappa shape index (κ1) is 15.9. The summed E-state index contributed by atoms with van der Waals surface area (Å²) in [4.78, 5) is 0. The van der Waals surface area contributed by atoms with Crippen molar-refractivity contribution < 1.29 is 9.47 Å². The Morgan fingerprint density at radius 1 is 1.12 bits per heavy atom. The molecule has 2 atom stereocenters. The lowest BCUT2D eigenvalue weighted by Gasteiger charge is -2.37. The Kier molecular flexibility index (Phi) is 8.90. The Balaban J connectivity index is 4.40. The van der Waals surface area contributed by atoms with Gasteiger partial charge in [0.25, 0.3) is 0 Å². The van der Waals surface area contributed by atoms with Crippen LogP contribution in [0.5, 0.6) is 0 Å². The van der Waals surface area contributed by atoms with Crippen molar-refractivity contribution in [1.82, 2.24) is 5.32 Å². The van der Waals surface area contributed by atoms with Gasteiger partial charge in [0.05, 0.1) is 18.2 Å². The van der Waals surface area contributed by atoms with E-state index in [4.69, 9.17) is 9.47 Å². The Bertz CT molecular complexity index is 156. The van der Waals surface area contributed by atoms with Crippen LogP contribution in [0.4, 0.5) is 0 Å². The molecule has 1 N–H and O–H groups in total. The summed E-state index contributed by atoms with van der Waals surface area (Å²) in [6.07, 6.45) is 2.13. The summed E-state index contributed by atoms with van der Waals surface area (Å²) in [5.74, 6) is 0. The van der Waals surface area contributed by atoms with E-state index in [0.29, 0.717) is 0 Å². The maximum absolute atomic E-state index is 5.89. The average molecular weight is 231 g/mol. The fraction of sp³-hybridized carbons (Fsp3) is 1.00. The van der Waals surface area contributed by atoms with Gasteiger partial charge in [-0.2, -0.15) is 0 Å². The van der Waals surface area contributed by atoms with Crippen LogP contribution in [0.2, 0.25) is 0 Å². The maximum Gasteiger partial charge on any atom is 0.0826 e. The number of hydrogen-bond donors (Lipinski definition) is 1. The van der Waals surface area contributed by atoms with E-state index in [1.165, 1.54) is 0 Å². The Morgan fingerprint density at radius 3 is 2.25 bits per heavy atom. The second-order valence-electron chi connectivity index (χ2n) is 4.27. The van der Waals surface area contributed by atoms with Crippen LogP contribution in [0.3, 0.4) is 0 Å². The van der Waals surface area contributed by atoms with E-state index in [1.54, 1.807) is 0 Å². The van der Waals surface area contributed by atoms with Crippen LogP contribution < -0.4 is 5.32 Å². The molecule has 0 saturated carbocycles. The lowest BCUT2D eigenvalue weighted by atomic mass is 9.93. The van der Waals surface area contributed by atoms with Crippen molar-refractivity contribution >= 4 is 0 Å². The van der Waals surface area contributed by atoms with Crippen LogP contribution in [0.15, 0.2) is 0 Å². The van der Waals surface area contributed by atoms with E-state index in [-0.39, 0.29) is 11.6 Å². The van der Waals surface area contributed by atoms with E-state index >= 15 is 0 Å². The SMILES string of the molecule is CCCNC(COCC)C(C)(CC)OCC. The quantitative estimate of drug-likeness (QED) is 0.627. The molecule has 2 unspecified atom stereocenters. The van der Waals surface area contributed by atoms with Gasteiger partial charge in [-0.1, -0.05) is 13.8 Å². The first-order valence-electron chi connectivity index (χ1n) is 6.59. The normalized spacial score (nSPS) is 17.1. The smallest absolute Gasteiger partial charge is 0.0826 e. The predicted molar refractivity (Wildman–Crippen MR) is 68.9 cm³/mol. The first-order valence-corrected chi connectivity index (χ1v) is 6.59. The average Bonchev–Trinajstić information content (AvgIpc) is 2.29. The molecule has 3 heteroatoms. The molecule has 0 aromatic heterocycles. The lowest BCUT2D eigenvalue weighted by molar-refractivity contribution is -0.0739. The summed E-state index contributed by atoms with van der Waals surface area (Å²) in [6, 6.07) is 0.275. The zero-order valence-electron chi connectivity index (χ0n) is 11.6. The minimum absolute atomic E-state index is 0.126. The highest BCUT2D eigenvalue weighted by Crippen LogP contribution is 2.20. The van der Waals surface area contributed by atoms with E-state index in [1.807, 2.05) is 13.8 Å². The minimum Gasteiger partial charge on any atom is -0.380 e. The number of rotatable bonds is 10. The Morgan fingerprint density at radius 2 is 1.81 bits per heavy atom.